The maximum atomic E-state index is 13.2. The van der Waals surface area contributed by atoms with E-state index in [0.717, 1.165) is 12.1 Å². The van der Waals surface area contributed by atoms with Crippen LogP contribution in [0.25, 0.3) is 0 Å². The van der Waals surface area contributed by atoms with Gasteiger partial charge in [-0.3, -0.25) is 0 Å². The van der Waals surface area contributed by atoms with E-state index in [2.05, 4.69) is 11.8 Å². The lowest BCUT2D eigenvalue weighted by molar-refractivity contribution is 0.303. The Bertz CT molecular complexity index is 704. The Morgan fingerprint density at radius 3 is 2.52 bits per heavy atom. The van der Waals surface area contributed by atoms with Crippen molar-refractivity contribution in [1.82, 2.24) is 0 Å². The second-order valence-electron chi connectivity index (χ2n) is 4.11. The lowest BCUT2D eigenvalue weighted by Gasteiger charge is -2.09. The summed E-state index contributed by atoms with van der Waals surface area (Å²) < 4.78 is 44.6. The minimum atomic E-state index is -0.947. The van der Waals surface area contributed by atoms with Crippen molar-refractivity contribution in [3.63, 3.8) is 0 Å². The summed E-state index contributed by atoms with van der Waals surface area (Å²) >= 11 is 5.46. The van der Waals surface area contributed by atoms with Crippen molar-refractivity contribution < 1.29 is 17.9 Å². The van der Waals surface area contributed by atoms with E-state index in [0.29, 0.717) is 16.9 Å². The molecule has 5 heteroatoms. The van der Waals surface area contributed by atoms with Crippen molar-refractivity contribution >= 4 is 11.6 Å². The molecule has 0 aliphatic rings. The molecule has 0 radical (unpaired) electrons. The molecule has 0 saturated heterocycles. The molecule has 0 bridgehead atoms. The molecule has 2 aromatic carbocycles. The number of hydrogen-bond donors (Lipinski definition) is 0. The van der Waals surface area contributed by atoms with E-state index >= 15 is 0 Å². The first-order valence-electron chi connectivity index (χ1n) is 6.01. The Kier molecular flexibility index (Phi) is 5.13. The Morgan fingerprint density at radius 2 is 1.81 bits per heavy atom. The summed E-state index contributed by atoms with van der Waals surface area (Å²) in [5.41, 5.74) is 0.799. The van der Waals surface area contributed by atoms with Crippen molar-refractivity contribution in [2.45, 2.75) is 6.61 Å². The smallest absolute Gasteiger partial charge is 0.159 e. The van der Waals surface area contributed by atoms with E-state index < -0.39 is 17.5 Å². The standard InChI is InChI=1S/C16H10ClF3O/c17-7-1-2-12-9-13(18)4-6-16(12)21-10-11-3-5-14(19)15(20)8-11/h3-6,8-9H,7,10H2. The Balaban J connectivity index is 2.17. The number of alkyl halides is 1. The molecule has 0 saturated carbocycles. The summed E-state index contributed by atoms with van der Waals surface area (Å²) in [6.45, 7) is 0.0123. The van der Waals surface area contributed by atoms with Crippen LogP contribution in [0.1, 0.15) is 11.1 Å². The van der Waals surface area contributed by atoms with Crippen LogP contribution < -0.4 is 4.74 Å². The van der Waals surface area contributed by atoms with Crippen LogP contribution in [-0.4, -0.2) is 5.88 Å². The van der Waals surface area contributed by atoms with Gasteiger partial charge < -0.3 is 4.74 Å². The molecule has 1 nitrogen and oxygen atoms in total. The fourth-order valence-corrected chi connectivity index (χ4v) is 1.71. The maximum absolute atomic E-state index is 13.2. The van der Waals surface area contributed by atoms with Gasteiger partial charge in [0.1, 0.15) is 18.2 Å². The zero-order chi connectivity index (χ0) is 15.2. The zero-order valence-electron chi connectivity index (χ0n) is 10.8. The minimum Gasteiger partial charge on any atom is -0.488 e. The van der Waals surface area contributed by atoms with Crippen LogP contribution in [0.3, 0.4) is 0 Å². The topological polar surface area (TPSA) is 9.23 Å². The van der Waals surface area contributed by atoms with Crippen LogP contribution in [0.5, 0.6) is 5.75 Å². The molecule has 0 aliphatic carbocycles. The third-order valence-corrected chi connectivity index (χ3v) is 2.74. The summed E-state index contributed by atoms with van der Waals surface area (Å²) in [6, 6.07) is 7.35. The van der Waals surface area contributed by atoms with Gasteiger partial charge in [-0.05, 0) is 35.9 Å². The lowest BCUT2D eigenvalue weighted by Crippen LogP contribution is -1.99. The van der Waals surface area contributed by atoms with Crippen LogP contribution in [0, 0.1) is 29.3 Å². The van der Waals surface area contributed by atoms with Gasteiger partial charge in [0.05, 0.1) is 11.4 Å². The van der Waals surface area contributed by atoms with Gasteiger partial charge in [0, 0.05) is 0 Å². The molecular formula is C16H10ClF3O. The van der Waals surface area contributed by atoms with Gasteiger partial charge in [0.15, 0.2) is 11.6 Å². The molecule has 0 aromatic heterocycles. The van der Waals surface area contributed by atoms with Crippen molar-refractivity contribution in [2.75, 3.05) is 5.88 Å². The highest BCUT2D eigenvalue weighted by Gasteiger charge is 2.06. The van der Waals surface area contributed by atoms with Gasteiger partial charge in [-0.1, -0.05) is 17.9 Å². The van der Waals surface area contributed by atoms with Gasteiger partial charge in [-0.15, -0.1) is 11.6 Å². The first-order chi connectivity index (χ1) is 10.1. The third-order valence-electron chi connectivity index (χ3n) is 2.61. The van der Waals surface area contributed by atoms with Crippen LogP contribution in [-0.2, 0) is 6.61 Å². The maximum Gasteiger partial charge on any atom is 0.159 e. The third kappa shape index (κ3) is 4.17. The molecule has 2 aromatic rings. The molecule has 0 atom stereocenters. The van der Waals surface area contributed by atoms with Gasteiger partial charge >= 0.3 is 0 Å². The van der Waals surface area contributed by atoms with Crippen LogP contribution >= 0.6 is 11.6 Å². The summed E-state index contributed by atoms with van der Waals surface area (Å²) in [4.78, 5) is 0. The van der Waals surface area contributed by atoms with E-state index in [1.165, 1.54) is 24.3 Å². The Morgan fingerprint density at radius 1 is 1.00 bits per heavy atom. The summed E-state index contributed by atoms with van der Waals surface area (Å²) in [6.07, 6.45) is 0. The number of benzene rings is 2. The normalized spacial score (nSPS) is 9.90. The number of hydrogen-bond acceptors (Lipinski definition) is 1. The number of ether oxygens (including phenoxy) is 1. The van der Waals surface area contributed by atoms with Gasteiger partial charge in [-0.25, -0.2) is 13.2 Å². The van der Waals surface area contributed by atoms with E-state index in [-0.39, 0.29) is 12.5 Å². The second-order valence-corrected chi connectivity index (χ2v) is 4.38. The fourth-order valence-electron chi connectivity index (χ4n) is 1.64. The highest BCUT2D eigenvalue weighted by molar-refractivity contribution is 6.19. The van der Waals surface area contributed by atoms with E-state index in [1.54, 1.807) is 0 Å². The van der Waals surface area contributed by atoms with E-state index in [4.69, 9.17) is 16.3 Å². The molecule has 0 amide bonds. The predicted octanol–water partition coefficient (Wildman–Crippen LogP) is 4.27. The summed E-state index contributed by atoms with van der Waals surface area (Å²) in [5.74, 6) is 3.42. The van der Waals surface area contributed by atoms with Crippen molar-refractivity contribution in [3.05, 3.63) is 65.0 Å². The molecule has 0 N–H and O–H groups in total. The van der Waals surface area contributed by atoms with Gasteiger partial charge in [-0.2, -0.15) is 0 Å². The van der Waals surface area contributed by atoms with Crippen molar-refractivity contribution in [3.8, 4) is 17.6 Å². The first-order valence-corrected chi connectivity index (χ1v) is 6.54. The average Bonchev–Trinajstić information content (AvgIpc) is 2.47. The van der Waals surface area contributed by atoms with Gasteiger partial charge in [0.25, 0.3) is 0 Å². The molecular weight excluding hydrogens is 301 g/mol. The SMILES string of the molecule is Fc1ccc(OCc2ccc(F)c(F)c2)c(C#CCCl)c1. The van der Waals surface area contributed by atoms with E-state index in [9.17, 15) is 13.2 Å². The van der Waals surface area contributed by atoms with Crippen LogP contribution in [0.15, 0.2) is 36.4 Å². The first kappa shape index (κ1) is 15.3. The number of halogens is 4. The average molecular weight is 311 g/mol. The summed E-state index contributed by atoms with van der Waals surface area (Å²) in [7, 11) is 0. The van der Waals surface area contributed by atoms with Crippen molar-refractivity contribution in [2.24, 2.45) is 0 Å². The molecule has 0 spiro atoms. The molecule has 108 valence electrons. The number of rotatable bonds is 3. The highest BCUT2D eigenvalue weighted by Crippen LogP contribution is 2.20. The van der Waals surface area contributed by atoms with Crippen LogP contribution in [0.4, 0.5) is 13.2 Å². The molecule has 2 rings (SSSR count). The predicted molar refractivity (Wildman–Crippen MR) is 74.7 cm³/mol. The monoisotopic (exact) mass is 310 g/mol. The Hall–Kier alpha value is -2.12. The fraction of sp³-hybridized carbons (Fsp3) is 0.125. The molecule has 0 fully saturated rings. The molecule has 0 unspecified atom stereocenters. The van der Waals surface area contributed by atoms with Crippen LogP contribution in [0.2, 0.25) is 0 Å². The summed E-state index contributed by atoms with van der Waals surface area (Å²) in [5, 5.41) is 0. The van der Waals surface area contributed by atoms with Gasteiger partial charge in [0.2, 0.25) is 0 Å². The van der Waals surface area contributed by atoms with Crippen molar-refractivity contribution in [1.29, 1.82) is 0 Å². The molecule has 0 heterocycles. The Labute approximate surface area is 125 Å². The quantitative estimate of drug-likeness (QED) is 0.607. The minimum absolute atomic E-state index is 0.0123. The lowest BCUT2D eigenvalue weighted by atomic mass is 10.2. The zero-order valence-corrected chi connectivity index (χ0v) is 11.6. The molecule has 0 aliphatic heterocycles. The largest absolute Gasteiger partial charge is 0.488 e. The van der Waals surface area contributed by atoms with E-state index in [1.807, 2.05) is 0 Å². The second kappa shape index (κ2) is 7.05. The molecule has 21 heavy (non-hydrogen) atoms. The highest BCUT2D eigenvalue weighted by atomic mass is 35.5.